The van der Waals surface area contributed by atoms with Crippen LogP contribution < -0.4 is 10.2 Å². The first-order valence-corrected chi connectivity index (χ1v) is 11.2. The van der Waals surface area contributed by atoms with Gasteiger partial charge in [0.1, 0.15) is 5.52 Å². The summed E-state index contributed by atoms with van der Waals surface area (Å²) in [6, 6.07) is 3.50. The third-order valence-corrected chi connectivity index (χ3v) is 6.57. The van der Waals surface area contributed by atoms with Crippen LogP contribution in [-0.2, 0) is 11.3 Å². The Morgan fingerprint density at radius 2 is 1.97 bits per heavy atom. The Hall–Kier alpha value is -2.94. The van der Waals surface area contributed by atoms with Crippen molar-refractivity contribution in [1.82, 2.24) is 24.4 Å². The number of anilines is 2. The number of nitrogens with zero attached hydrogens (tertiary/aromatic N) is 6. The second kappa shape index (κ2) is 8.20. The number of aromatic nitrogens is 4. The molecule has 1 fully saturated rings. The predicted octanol–water partition coefficient (Wildman–Crippen LogP) is 3.55. The molecule has 10 heteroatoms. The molecular formula is C22H25ClFN7O. The monoisotopic (exact) mass is 457 g/mol. The van der Waals surface area contributed by atoms with Crippen molar-refractivity contribution in [2.75, 3.05) is 36.9 Å². The fourth-order valence-corrected chi connectivity index (χ4v) is 4.74. The highest BCUT2D eigenvalue weighted by Gasteiger charge is 2.24. The van der Waals surface area contributed by atoms with E-state index in [0.29, 0.717) is 40.8 Å². The van der Waals surface area contributed by atoms with Gasteiger partial charge in [-0.2, -0.15) is 0 Å². The van der Waals surface area contributed by atoms with E-state index < -0.39 is 5.82 Å². The normalized spacial score (nSPS) is 17.0. The highest BCUT2D eigenvalue weighted by molar-refractivity contribution is 6.33. The van der Waals surface area contributed by atoms with Crippen LogP contribution in [0.1, 0.15) is 26.2 Å². The van der Waals surface area contributed by atoms with Gasteiger partial charge >= 0.3 is 0 Å². The van der Waals surface area contributed by atoms with Gasteiger partial charge in [0.15, 0.2) is 5.82 Å². The van der Waals surface area contributed by atoms with Crippen molar-refractivity contribution < 1.29 is 9.18 Å². The second-order valence-electron chi connectivity index (χ2n) is 8.48. The van der Waals surface area contributed by atoms with E-state index in [9.17, 15) is 4.79 Å². The van der Waals surface area contributed by atoms with Crippen LogP contribution in [0.5, 0.6) is 0 Å². The molecular weight excluding hydrogens is 433 g/mol. The van der Waals surface area contributed by atoms with Gasteiger partial charge in [0, 0.05) is 51.8 Å². The molecule has 3 aromatic rings. The van der Waals surface area contributed by atoms with E-state index in [4.69, 9.17) is 11.6 Å². The number of fused-ring (bicyclic) bond motifs is 3. The van der Waals surface area contributed by atoms with Crippen molar-refractivity contribution in [2.24, 2.45) is 0 Å². The van der Waals surface area contributed by atoms with Crippen LogP contribution in [0.2, 0.25) is 5.02 Å². The van der Waals surface area contributed by atoms with E-state index in [2.05, 4.69) is 20.3 Å². The lowest BCUT2D eigenvalue weighted by atomic mass is 10.1. The maximum Gasteiger partial charge on any atom is 0.223 e. The summed E-state index contributed by atoms with van der Waals surface area (Å²) in [5.74, 6) is 0.921. The standard InChI is InChI=1S/C22H25ClFN7O/c1-13(32)30-8-4-15(5-9-30)26-21-25-12-16(23)19(27-21)14-10-17(24)20-18(11-14)31-7-3-6-29(2)22(31)28-20/h10-12,15H,3-9H2,1-2H3,(H,25,26,27). The number of amides is 1. The van der Waals surface area contributed by atoms with Crippen molar-refractivity contribution in [3.8, 4) is 11.3 Å². The summed E-state index contributed by atoms with van der Waals surface area (Å²) >= 11 is 6.42. The van der Waals surface area contributed by atoms with Crippen molar-refractivity contribution >= 4 is 40.4 Å². The van der Waals surface area contributed by atoms with Gasteiger partial charge < -0.3 is 19.7 Å². The summed E-state index contributed by atoms with van der Waals surface area (Å²) in [7, 11) is 1.97. The lowest BCUT2D eigenvalue weighted by Crippen LogP contribution is -2.41. The fraction of sp³-hybridized carbons (Fsp3) is 0.455. The van der Waals surface area contributed by atoms with Crippen LogP contribution in [0.3, 0.4) is 0 Å². The number of rotatable bonds is 3. The van der Waals surface area contributed by atoms with Gasteiger partial charge in [-0.1, -0.05) is 11.6 Å². The van der Waals surface area contributed by atoms with E-state index in [1.54, 1.807) is 13.1 Å². The Morgan fingerprint density at radius 3 is 2.72 bits per heavy atom. The number of hydrogen-bond acceptors (Lipinski definition) is 6. The van der Waals surface area contributed by atoms with E-state index in [-0.39, 0.29) is 11.9 Å². The first-order valence-electron chi connectivity index (χ1n) is 10.9. The van der Waals surface area contributed by atoms with Crippen molar-refractivity contribution in [1.29, 1.82) is 0 Å². The van der Waals surface area contributed by atoms with E-state index in [1.165, 1.54) is 6.07 Å². The van der Waals surface area contributed by atoms with E-state index in [0.717, 1.165) is 43.8 Å². The number of likely N-dealkylation sites (tertiary alicyclic amines) is 1. The Bertz CT molecular complexity index is 1190. The number of carbonyl (C=O) groups excluding carboxylic acids is 1. The molecule has 1 amide bonds. The smallest absolute Gasteiger partial charge is 0.223 e. The van der Waals surface area contributed by atoms with Crippen molar-refractivity contribution in [3.05, 3.63) is 29.2 Å². The molecule has 0 unspecified atom stereocenters. The van der Waals surface area contributed by atoms with Gasteiger partial charge in [0.25, 0.3) is 0 Å². The predicted molar refractivity (Wildman–Crippen MR) is 123 cm³/mol. The molecule has 0 bridgehead atoms. The molecule has 2 aliphatic rings. The minimum absolute atomic E-state index is 0.0964. The van der Waals surface area contributed by atoms with Gasteiger partial charge in [-0.25, -0.2) is 19.3 Å². The molecule has 1 N–H and O–H groups in total. The highest BCUT2D eigenvalue weighted by atomic mass is 35.5. The molecule has 4 heterocycles. The first kappa shape index (κ1) is 20.9. The van der Waals surface area contributed by atoms with Gasteiger partial charge in [0.05, 0.1) is 22.4 Å². The quantitative estimate of drug-likeness (QED) is 0.648. The summed E-state index contributed by atoms with van der Waals surface area (Å²) in [6.07, 6.45) is 4.15. The molecule has 8 nitrogen and oxygen atoms in total. The molecule has 0 aliphatic carbocycles. The zero-order chi connectivity index (χ0) is 22.4. The van der Waals surface area contributed by atoms with Gasteiger partial charge in [-0.05, 0) is 31.4 Å². The molecule has 2 aliphatic heterocycles. The molecule has 2 aromatic heterocycles. The summed E-state index contributed by atoms with van der Waals surface area (Å²) in [5.41, 5.74) is 2.17. The number of benzene rings is 1. The molecule has 1 aromatic carbocycles. The molecule has 0 saturated carbocycles. The zero-order valence-electron chi connectivity index (χ0n) is 18.1. The van der Waals surface area contributed by atoms with Crippen LogP contribution in [-0.4, -0.2) is 63.0 Å². The number of piperidine rings is 1. The second-order valence-corrected chi connectivity index (χ2v) is 8.89. The van der Waals surface area contributed by atoms with Crippen molar-refractivity contribution in [2.45, 2.75) is 38.8 Å². The zero-order valence-corrected chi connectivity index (χ0v) is 18.9. The minimum atomic E-state index is -0.395. The molecule has 32 heavy (non-hydrogen) atoms. The number of nitrogens with one attached hydrogen (secondary N) is 1. The minimum Gasteiger partial charge on any atom is -0.351 e. The molecule has 5 rings (SSSR count). The largest absolute Gasteiger partial charge is 0.351 e. The molecule has 0 radical (unpaired) electrons. The number of aryl methyl sites for hydroxylation is 1. The number of imidazole rings is 1. The third-order valence-electron chi connectivity index (χ3n) is 6.30. The van der Waals surface area contributed by atoms with E-state index in [1.807, 2.05) is 27.5 Å². The molecule has 0 spiro atoms. The van der Waals surface area contributed by atoms with Gasteiger partial charge in [-0.3, -0.25) is 4.79 Å². The average molecular weight is 458 g/mol. The first-order chi connectivity index (χ1) is 15.4. The topological polar surface area (TPSA) is 79.2 Å². The molecule has 0 atom stereocenters. The molecule has 168 valence electrons. The summed E-state index contributed by atoms with van der Waals surface area (Å²) < 4.78 is 17.1. The summed E-state index contributed by atoms with van der Waals surface area (Å²) in [5, 5.41) is 3.70. The van der Waals surface area contributed by atoms with Crippen LogP contribution >= 0.6 is 11.6 Å². The van der Waals surface area contributed by atoms with Crippen LogP contribution in [0, 0.1) is 5.82 Å². The van der Waals surface area contributed by atoms with Crippen LogP contribution in [0.25, 0.3) is 22.3 Å². The van der Waals surface area contributed by atoms with Crippen LogP contribution in [0.4, 0.5) is 16.3 Å². The van der Waals surface area contributed by atoms with E-state index >= 15 is 4.39 Å². The maximum atomic E-state index is 15.0. The SMILES string of the molecule is CC(=O)N1CCC(Nc2ncc(Cl)c(-c3cc(F)c4nc5n(c4c3)CCCN5C)n2)CC1. The Labute approximate surface area is 190 Å². The average Bonchev–Trinajstić information content (AvgIpc) is 3.16. The van der Waals surface area contributed by atoms with Crippen LogP contribution in [0.15, 0.2) is 18.3 Å². The summed E-state index contributed by atoms with van der Waals surface area (Å²) in [6.45, 7) is 4.69. The maximum absolute atomic E-state index is 15.0. The highest BCUT2D eigenvalue weighted by Crippen LogP contribution is 2.34. The number of halogens is 2. The van der Waals surface area contributed by atoms with Gasteiger partial charge in [-0.15, -0.1) is 0 Å². The Balaban J connectivity index is 1.45. The Morgan fingerprint density at radius 1 is 1.19 bits per heavy atom. The molecule has 1 saturated heterocycles. The fourth-order valence-electron chi connectivity index (χ4n) is 4.54. The lowest BCUT2D eigenvalue weighted by molar-refractivity contribution is -0.129. The number of carbonyl (C=O) groups is 1. The Kier molecular flexibility index (Phi) is 5.36. The van der Waals surface area contributed by atoms with Crippen molar-refractivity contribution in [3.63, 3.8) is 0 Å². The third kappa shape index (κ3) is 3.74. The summed E-state index contributed by atoms with van der Waals surface area (Å²) in [4.78, 5) is 28.9. The van der Waals surface area contributed by atoms with Gasteiger partial charge in [0.2, 0.25) is 17.8 Å². The lowest BCUT2D eigenvalue weighted by Gasteiger charge is -2.31. The number of hydrogen-bond donors (Lipinski definition) is 1.